The Kier molecular flexibility index (Phi) is 4.21. The lowest BCUT2D eigenvalue weighted by atomic mass is 9.98. The topological polar surface area (TPSA) is 68.4 Å². The molecule has 0 spiro atoms. The van der Waals surface area contributed by atoms with Crippen molar-refractivity contribution in [2.24, 2.45) is 5.92 Å². The van der Waals surface area contributed by atoms with Gasteiger partial charge >= 0.3 is 0 Å². The minimum atomic E-state index is 0.555. The lowest BCUT2D eigenvalue weighted by molar-refractivity contribution is 0.215. The SMILES string of the molecule is Cc1cccc(OCC2CCN(c3ccc4nnc(C)n4n3)CC2)n1. The Morgan fingerprint density at radius 3 is 2.72 bits per heavy atom. The van der Waals surface area contributed by atoms with E-state index in [4.69, 9.17) is 4.74 Å². The number of anilines is 1. The highest BCUT2D eigenvalue weighted by Crippen LogP contribution is 2.23. The summed E-state index contributed by atoms with van der Waals surface area (Å²) in [4.78, 5) is 6.71. The van der Waals surface area contributed by atoms with Crippen molar-refractivity contribution in [2.45, 2.75) is 26.7 Å². The van der Waals surface area contributed by atoms with Crippen LogP contribution in [0.5, 0.6) is 5.88 Å². The highest BCUT2D eigenvalue weighted by Gasteiger charge is 2.21. The third-order valence-corrected chi connectivity index (χ3v) is 4.67. The zero-order valence-electron chi connectivity index (χ0n) is 14.6. The van der Waals surface area contributed by atoms with Gasteiger partial charge in [0.2, 0.25) is 5.88 Å². The van der Waals surface area contributed by atoms with Crippen LogP contribution in [-0.4, -0.2) is 44.5 Å². The summed E-state index contributed by atoms with van der Waals surface area (Å²) < 4.78 is 7.66. The van der Waals surface area contributed by atoms with Crippen molar-refractivity contribution >= 4 is 11.5 Å². The fourth-order valence-corrected chi connectivity index (χ4v) is 3.19. The monoisotopic (exact) mass is 338 g/mol. The number of aromatic nitrogens is 5. The van der Waals surface area contributed by atoms with E-state index in [9.17, 15) is 0 Å². The largest absolute Gasteiger partial charge is 0.477 e. The molecule has 0 bridgehead atoms. The molecule has 0 N–H and O–H groups in total. The van der Waals surface area contributed by atoms with Gasteiger partial charge in [-0.1, -0.05) is 6.07 Å². The number of piperidine rings is 1. The summed E-state index contributed by atoms with van der Waals surface area (Å²) in [5.41, 5.74) is 1.77. The van der Waals surface area contributed by atoms with E-state index in [0.717, 1.165) is 61.4 Å². The summed E-state index contributed by atoms with van der Waals surface area (Å²) in [6.07, 6.45) is 2.18. The predicted octanol–water partition coefficient (Wildman–Crippen LogP) is 2.43. The van der Waals surface area contributed by atoms with Crippen molar-refractivity contribution in [2.75, 3.05) is 24.6 Å². The van der Waals surface area contributed by atoms with Crippen LogP contribution in [-0.2, 0) is 0 Å². The van der Waals surface area contributed by atoms with Gasteiger partial charge in [-0.15, -0.1) is 15.3 Å². The second-order valence-electron chi connectivity index (χ2n) is 6.57. The predicted molar refractivity (Wildman–Crippen MR) is 94.9 cm³/mol. The summed E-state index contributed by atoms with van der Waals surface area (Å²) >= 11 is 0. The Morgan fingerprint density at radius 2 is 1.92 bits per heavy atom. The Bertz CT molecular complexity index is 869. The van der Waals surface area contributed by atoms with Gasteiger partial charge in [-0.3, -0.25) is 0 Å². The maximum atomic E-state index is 5.86. The zero-order chi connectivity index (χ0) is 17.2. The summed E-state index contributed by atoms with van der Waals surface area (Å²) in [7, 11) is 0. The quantitative estimate of drug-likeness (QED) is 0.728. The van der Waals surface area contributed by atoms with Crippen molar-refractivity contribution in [3.05, 3.63) is 41.9 Å². The van der Waals surface area contributed by atoms with Crippen LogP contribution in [0.25, 0.3) is 5.65 Å². The molecule has 0 aliphatic carbocycles. The van der Waals surface area contributed by atoms with Gasteiger partial charge in [0.25, 0.3) is 0 Å². The number of aryl methyl sites for hydroxylation is 2. The van der Waals surface area contributed by atoms with E-state index in [1.165, 1.54) is 0 Å². The van der Waals surface area contributed by atoms with Crippen LogP contribution >= 0.6 is 0 Å². The number of pyridine rings is 1. The maximum absolute atomic E-state index is 5.86. The molecule has 3 aromatic heterocycles. The van der Waals surface area contributed by atoms with Gasteiger partial charge in [-0.25, -0.2) is 4.98 Å². The molecule has 25 heavy (non-hydrogen) atoms. The van der Waals surface area contributed by atoms with E-state index < -0.39 is 0 Å². The van der Waals surface area contributed by atoms with Gasteiger partial charge < -0.3 is 9.64 Å². The van der Waals surface area contributed by atoms with Crippen molar-refractivity contribution in [3.8, 4) is 5.88 Å². The summed E-state index contributed by atoms with van der Waals surface area (Å²) in [6.45, 7) is 6.58. The molecule has 7 heteroatoms. The number of ether oxygens (including phenoxy) is 1. The van der Waals surface area contributed by atoms with E-state index in [0.29, 0.717) is 5.92 Å². The molecule has 1 saturated heterocycles. The highest BCUT2D eigenvalue weighted by atomic mass is 16.5. The molecule has 1 aliphatic rings. The molecule has 0 aromatic carbocycles. The fourth-order valence-electron chi connectivity index (χ4n) is 3.19. The average molecular weight is 338 g/mol. The second-order valence-corrected chi connectivity index (χ2v) is 6.57. The Hall–Kier alpha value is -2.70. The molecule has 3 aromatic rings. The first-order valence-corrected chi connectivity index (χ1v) is 8.69. The smallest absolute Gasteiger partial charge is 0.213 e. The number of hydrogen-bond acceptors (Lipinski definition) is 6. The Balaban J connectivity index is 1.35. The number of nitrogens with zero attached hydrogens (tertiary/aromatic N) is 6. The summed E-state index contributed by atoms with van der Waals surface area (Å²) in [6, 6.07) is 9.88. The third-order valence-electron chi connectivity index (χ3n) is 4.67. The summed E-state index contributed by atoms with van der Waals surface area (Å²) in [5, 5.41) is 12.8. The Morgan fingerprint density at radius 1 is 1.08 bits per heavy atom. The first-order chi connectivity index (χ1) is 12.2. The first kappa shape index (κ1) is 15.8. The Labute approximate surface area is 146 Å². The third kappa shape index (κ3) is 3.40. The average Bonchev–Trinajstić information content (AvgIpc) is 3.01. The van der Waals surface area contributed by atoms with Crippen LogP contribution in [0.1, 0.15) is 24.4 Å². The molecule has 130 valence electrons. The number of rotatable bonds is 4. The lowest BCUT2D eigenvalue weighted by Gasteiger charge is -2.32. The van der Waals surface area contributed by atoms with Gasteiger partial charge in [0, 0.05) is 24.8 Å². The normalized spacial score (nSPS) is 15.7. The van der Waals surface area contributed by atoms with Crippen molar-refractivity contribution in [1.82, 2.24) is 24.8 Å². The molecular formula is C18H22N6O. The molecule has 4 heterocycles. The maximum Gasteiger partial charge on any atom is 0.213 e. The lowest BCUT2D eigenvalue weighted by Crippen LogP contribution is -2.36. The zero-order valence-corrected chi connectivity index (χ0v) is 14.6. The van der Waals surface area contributed by atoms with Crippen molar-refractivity contribution in [1.29, 1.82) is 0 Å². The van der Waals surface area contributed by atoms with Crippen LogP contribution in [0.4, 0.5) is 5.82 Å². The standard InChI is InChI=1S/C18H22N6O/c1-13-4-3-5-18(19-13)25-12-15-8-10-23(11-9-15)17-7-6-16-21-20-14(2)24(16)22-17/h3-7,15H,8-12H2,1-2H3. The van der Waals surface area contributed by atoms with Crippen LogP contribution in [0.15, 0.2) is 30.3 Å². The van der Waals surface area contributed by atoms with Crippen LogP contribution in [0.2, 0.25) is 0 Å². The minimum Gasteiger partial charge on any atom is -0.477 e. The van der Waals surface area contributed by atoms with Gasteiger partial charge in [0.05, 0.1) is 6.61 Å². The molecule has 0 saturated carbocycles. The molecule has 4 rings (SSSR count). The molecule has 0 amide bonds. The van der Waals surface area contributed by atoms with Gasteiger partial charge in [0.1, 0.15) is 5.82 Å². The molecule has 1 fully saturated rings. The van der Waals surface area contributed by atoms with Gasteiger partial charge in [-0.05, 0) is 50.8 Å². The first-order valence-electron chi connectivity index (χ1n) is 8.69. The van der Waals surface area contributed by atoms with Crippen LogP contribution in [0, 0.1) is 19.8 Å². The van der Waals surface area contributed by atoms with E-state index in [2.05, 4.69) is 25.2 Å². The number of hydrogen-bond donors (Lipinski definition) is 0. The van der Waals surface area contributed by atoms with Crippen LogP contribution < -0.4 is 9.64 Å². The van der Waals surface area contributed by atoms with Gasteiger partial charge in [0.15, 0.2) is 11.5 Å². The van der Waals surface area contributed by atoms with Crippen molar-refractivity contribution in [3.63, 3.8) is 0 Å². The van der Waals surface area contributed by atoms with Gasteiger partial charge in [-0.2, -0.15) is 4.52 Å². The van der Waals surface area contributed by atoms with Crippen LogP contribution in [0.3, 0.4) is 0 Å². The molecule has 0 atom stereocenters. The fraction of sp³-hybridized carbons (Fsp3) is 0.444. The molecular weight excluding hydrogens is 316 g/mol. The molecule has 7 nitrogen and oxygen atoms in total. The second kappa shape index (κ2) is 6.66. The van der Waals surface area contributed by atoms with E-state index in [1.807, 2.05) is 44.2 Å². The van der Waals surface area contributed by atoms with Crippen molar-refractivity contribution < 1.29 is 4.74 Å². The van der Waals surface area contributed by atoms with E-state index in [1.54, 1.807) is 4.52 Å². The minimum absolute atomic E-state index is 0.555. The van der Waals surface area contributed by atoms with E-state index >= 15 is 0 Å². The molecule has 0 radical (unpaired) electrons. The molecule has 0 unspecified atom stereocenters. The van der Waals surface area contributed by atoms with E-state index in [-0.39, 0.29) is 0 Å². The molecule has 1 aliphatic heterocycles. The highest BCUT2D eigenvalue weighted by molar-refractivity contribution is 5.45. The summed E-state index contributed by atoms with van der Waals surface area (Å²) in [5.74, 6) is 3.07. The number of fused-ring (bicyclic) bond motifs is 1.